The van der Waals surface area contributed by atoms with Gasteiger partial charge in [0.2, 0.25) is 0 Å². The maximum Gasteiger partial charge on any atom is 0.263 e. The first kappa shape index (κ1) is 12.8. The molecule has 2 aliphatic rings. The lowest BCUT2D eigenvalue weighted by Gasteiger charge is -2.06. The lowest BCUT2D eigenvalue weighted by molar-refractivity contribution is 0.0960. The first-order chi connectivity index (χ1) is 9.11. The molecule has 5 heteroatoms. The molecule has 0 spiro atoms. The smallest absolute Gasteiger partial charge is 0.263 e. The zero-order valence-corrected chi connectivity index (χ0v) is 12.3. The van der Waals surface area contributed by atoms with E-state index in [1.54, 1.807) is 0 Å². The number of anilines is 2. The van der Waals surface area contributed by atoms with Crippen LogP contribution in [0.2, 0.25) is 0 Å². The normalized spacial score (nSPS) is 25.2. The maximum atomic E-state index is 12.0. The molecule has 104 valence electrons. The van der Waals surface area contributed by atoms with Gasteiger partial charge in [0, 0.05) is 18.2 Å². The fourth-order valence-electron chi connectivity index (χ4n) is 2.44. The molecule has 0 saturated heterocycles. The van der Waals surface area contributed by atoms with Gasteiger partial charge < -0.3 is 16.4 Å². The van der Waals surface area contributed by atoms with Crippen molar-refractivity contribution >= 4 is 27.9 Å². The third kappa shape index (κ3) is 2.43. The third-order valence-corrected chi connectivity index (χ3v) is 5.09. The molecule has 1 amide bonds. The van der Waals surface area contributed by atoms with Crippen LogP contribution in [0.25, 0.3) is 0 Å². The Balaban J connectivity index is 1.88. The van der Waals surface area contributed by atoms with Crippen LogP contribution in [-0.2, 0) is 0 Å². The molecular weight excluding hydrogens is 258 g/mol. The Morgan fingerprint density at radius 2 is 2.16 bits per heavy atom. The highest BCUT2D eigenvalue weighted by molar-refractivity contribution is 7.18. The SMILES string of the molecule is CCNC(=O)c1sc(NC2CC2C)c(C2CC2)c1N. The summed E-state index contributed by atoms with van der Waals surface area (Å²) in [6.45, 7) is 4.81. The highest BCUT2D eigenvalue weighted by Crippen LogP contribution is 2.52. The number of carbonyl (C=O) groups is 1. The summed E-state index contributed by atoms with van der Waals surface area (Å²) in [5.41, 5.74) is 8.12. The lowest BCUT2D eigenvalue weighted by Crippen LogP contribution is -2.22. The van der Waals surface area contributed by atoms with Crippen LogP contribution < -0.4 is 16.4 Å². The first-order valence-electron chi connectivity index (χ1n) is 7.08. The highest BCUT2D eigenvalue weighted by atomic mass is 32.1. The molecule has 0 aromatic carbocycles. The number of thiophene rings is 1. The number of hydrogen-bond donors (Lipinski definition) is 3. The number of carbonyl (C=O) groups excluding carboxylic acids is 1. The van der Waals surface area contributed by atoms with Crippen molar-refractivity contribution in [3.8, 4) is 0 Å². The molecule has 0 bridgehead atoms. The number of rotatable bonds is 5. The van der Waals surface area contributed by atoms with Crippen LogP contribution in [0.3, 0.4) is 0 Å². The summed E-state index contributed by atoms with van der Waals surface area (Å²) in [6.07, 6.45) is 3.62. The standard InChI is InChI=1S/C14H21N3OS/c1-3-16-13(18)12-11(15)10(8-4-5-8)14(19-12)17-9-6-7(9)2/h7-9,17H,3-6,15H2,1-2H3,(H,16,18). The Kier molecular flexibility index (Phi) is 3.17. The summed E-state index contributed by atoms with van der Waals surface area (Å²) < 4.78 is 0. The van der Waals surface area contributed by atoms with E-state index in [1.807, 2.05) is 6.92 Å². The summed E-state index contributed by atoms with van der Waals surface area (Å²) in [7, 11) is 0. The van der Waals surface area contributed by atoms with Crippen LogP contribution in [0.1, 0.15) is 54.3 Å². The van der Waals surface area contributed by atoms with Gasteiger partial charge in [-0.15, -0.1) is 11.3 Å². The summed E-state index contributed by atoms with van der Waals surface area (Å²) in [6, 6.07) is 0.567. The average Bonchev–Trinajstić information content (AvgIpc) is 3.26. The fraction of sp³-hybridized carbons (Fsp3) is 0.643. The van der Waals surface area contributed by atoms with Gasteiger partial charge >= 0.3 is 0 Å². The Hall–Kier alpha value is -1.23. The molecule has 0 radical (unpaired) electrons. The van der Waals surface area contributed by atoms with Crippen LogP contribution in [-0.4, -0.2) is 18.5 Å². The Morgan fingerprint density at radius 1 is 1.47 bits per heavy atom. The molecule has 3 rings (SSSR count). The molecule has 2 aliphatic carbocycles. The van der Waals surface area contributed by atoms with E-state index < -0.39 is 0 Å². The summed E-state index contributed by atoms with van der Waals surface area (Å²) in [5.74, 6) is 1.27. The van der Waals surface area contributed by atoms with Crippen molar-refractivity contribution in [2.45, 2.75) is 45.1 Å². The van der Waals surface area contributed by atoms with Crippen molar-refractivity contribution in [2.75, 3.05) is 17.6 Å². The van der Waals surface area contributed by atoms with Crippen molar-refractivity contribution in [2.24, 2.45) is 5.92 Å². The van der Waals surface area contributed by atoms with Crippen LogP contribution in [0, 0.1) is 5.92 Å². The van der Waals surface area contributed by atoms with E-state index in [1.165, 1.54) is 36.2 Å². The minimum Gasteiger partial charge on any atom is -0.397 e. The largest absolute Gasteiger partial charge is 0.397 e. The molecular formula is C14H21N3OS. The average molecular weight is 279 g/mol. The molecule has 1 heterocycles. The van der Waals surface area contributed by atoms with Gasteiger partial charge in [-0.2, -0.15) is 0 Å². The predicted octanol–water partition coefficient (Wildman–Crippen LogP) is 2.78. The molecule has 4 N–H and O–H groups in total. The van der Waals surface area contributed by atoms with Crippen LogP contribution in [0.4, 0.5) is 10.7 Å². The molecule has 4 nitrogen and oxygen atoms in total. The number of nitrogen functional groups attached to an aromatic ring is 1. The van der Waals surface area contributed by atoms with Gasteiger partial charge in [-0.3, -0.25) is 4.79 Å². The van der Waals surface area contributed by atoms with Crippen molar-refractivity contribution in [3.05, 3.63) is 10.4 Å². The predicted molar refractivity (Wildman–Crippen MR) is 79.9 cm³/mol. The van der Waals surface area contributed by atoms with E-state index in [-0.39, 0.29) is 5.91 Å². The number of nitrogens with one attached hydrogen (secondary N) is 2. The van der Waals surface area contributed by atoms with Crippen LogP contribution in [0.5, 0.6) is 0 Å². The second kappa shape index (κ2) is 4.71. The highest BCUT2D eigenvalue weighted by Gasteiger charge is 2.37. The van der Waals surface area contributed by atoms with Crippen molar-refractivity contribution < 1.29 is 4.79 Å². The van der Waals surface area contributed by atoms with Crippen molar-refractivity contribution in [3.63, 3.8) is 0 Å². The minimum absolute atomic E-state index is 0.0382. The molecule has 19 heavy (non-hydrogen) atoms. The topological polar surface area (TPSA) is 67.2 Å². The van der Waals surface area contributed by atoms with E-state index in [4.69, 9.17) is 5.73 Å². The summed E-state index contributed by atoms with van der Waals surface area (Å²) >= 11 is 1.52. The molecule has 2 unspecified atom stereocenters. The number of amides is 1. The van der Waals surface area contributed by atoms with Gasteiger partial charge in [0.15, 0.2) is 0 Å². The van der Waals surface area contributed by atoms with E-state index in [0.717, 1.165) is 10.9 Å². The summed E-state index contributed by atoms with van der Waals surface area (Å²) in [4.78, 5) is 12.7. The molecule has 2 saturated carbocycles. The van der Waals surface area contributed by atoms with Gasteiger partial charge in [-0.1, -0.05) is 6.92 Å². The zero-order chi connectivity index (χ0) is 13.6. The van der Waals surface area contributed by atoms with Gasteiger partial charge in [0.1, 0.15) is 4.88 Å². The van der Waals surface area contributed by atoms with Crippen LogP contribution in [0.15, 0.2) is 0 Å². The fourth-order valence-corrected chi connectivity index (χ4v) is 3.63. The summed E-state index contributed by atoms with van der Waals surface area (Å²) in [5, 5.41) is 7.55. The monoisotopic (exact) mass is 279 g/mol. The van der Waals surface area contributed by atoms with Crippen molar-refractivity contribution in [1.29, 1.82) is 0 Å². The van der Waals surface area contributed by atoms with Gasteiger partial charge in [-0.25, -0.2) is 0 Å². The molecule has 2 fully saturated rings. The Labute approximate surface area is 117 Å². The van der Waals surface area contributed by atoms with Gasteiger partial charge in [0.05, 0.1) is 10.7 Å². The number of nitrogens with two attached hydrogens (primary N) is 1. The van der Waals surface area contributed by atoms with E-state index in [9.17, 15) is 4.79 Å². The third-order valence-electron chi connectivity index (χ3n) is 3.94. The maximum absolute atomic E-state index is 12.0. The Bertz CT molecular complexity index is 507. The minimum atomic E-state index is -0.0382. The Morgan fingerprint density at radius 3 is 2.68 bits per heavy atom. The molecule has 1 aromatic heterocycles. The first-order valence-corrected chi connectivity index (χ1v) is 7.90. The quantitative estimate of drug-likeness (QED) is 0.776. The van der Waals surface area contributed by atoms with E-state index >= 15 is 0 Å². The van der Waals surface area contributed by atoms with E-state index in [2.05, 4.69) is 17.6 Å². The second-order valence-electron chi connectivity index (χ2n) is 5.69. The lowest BCUT2D eigenvalue weighted by atomic mass is 10.1. The molecule has 2 atom stereocenters. The van der Waals surface area contributed by atoms with Crippen LogP contribution >= 0.6 is 11.3 Å². The van der Waals surface area contributed by atoms with E-state index in [0.29, 0.717) is 29.1 Å². The van der Waals surface area contributed by atoms with Gasteiger partial charge in [-0.05, 0) is 38.0 Å². The van der Waals surface area contributed by atoms with Crippen molar-refractivity contribution in [1.82, 2.24) is 5.32 Å². The molecule has 0 aliphatic heterocycles. The molecule has 1 aromatic rings. The zero-order valence-electron chi connectivity index (χ0n) is 11.5. The second-order valence-corrected chi connectivity index (χ2v) is 6.71. The van der Waals surface area contributed by atoms with Gasteiger partial charge in [0.25, 0.3) is 5.91 Å². The number of hydrogen-bond acceptors (Lipinski definition) is 4.